The van der Waals surface area contributed by atoms with Crippen LogP contribution in [0.5, 0.6) is 0 Å². The molecule has 0 radical (unpaired) electrons. The highest BCUT2D eigenvalue weighted by Crippen LogP contribution is 2.33. The lowest BCUT2D eigenvalue weighted by Crippen LogP contribution is -2.40. The van der Waals surface area contributed by atoms with Gasteiger partial charge in [0.05, 0.1) is 0 Å². The van der Waals surface area contributed by atoms with Crippen LogP contribution in [0, 0.1) is 6.92 Å². The van der Waals surface area contributed by atoms with E-state index in [-0.39, 0.29) is 28.3 Å². The van der Waals surface area contributed by atoms with Gasteiger partial charge in [-0.2, -0.15) is 0 Å². The van der Waals surface area contributed by atoms with Crippen molar-refractivity contribution in [2.24, 2.45) is 0 Å². The van der Waals surface area contributed by atoms with Crippen molar-refractivity contribution in [1.29, 1.82) is 0 Å². The Bertz CT molecular complexity index is 1340. The van der Waals surface area contributed by atoms with Crippen LogP contribution in [0.1, 0.15) is 69.7 Å². The summed E-state index contributed by atoms with van der Waals surface area (Å²) < 4.78 is 0. The predicted molar refractivity (Wildman–Crippen MR) is 128 cm³/mol. The Morgan fingerprint density at radius 2 is 1.58 bits per heavy atom. The molecule has 4 heteroatoms. The molecule has 0 aliphatic heterocycles. The molecule has 0 heterocycles. The van der Waals surface area contributed by atoms with Gasteiger partial charge in [-0.05, 0) is 78.3 Å². The van der Waals surface area contributed by atoms with Crippen LogP contribution in [-0.2, 0) is 48.1 Å². The number of benzene rings is 2. The average Bonchev–Trinajstić information content (AvgIpc) is 2.82. The number of Topliss-reactive ketones (excluding diaryl/α,β-unsaturated/α-hetero) is 2. The van der Waals surface area contributed by atoms with Crippen molar-refractivity contribution in [2.45, 2.75) is 70.6 Å². The molecule has 0 fully saturated rings. The topological polar surface area (TPSA) is 68.3 Å². The summed E-state index contributed by atoms with van der Waals surface area (Å²) in [6.45, 7) is 1.76. The van der Waals surface area contributed by atoms with Gasteiger partial charge in [-0.15, -0.1) is 0 Å². The van der Waals surface area contributed by atoms with E-state index < -0.39 is 0 Å². The number of hydrogen-bond acceptors (Lipinski definition) is 4. The molecule has 1 atom stereocenters. The van der Waals surface area contributed by atoms with Crippen molar-refractivity contribution >= 4 is 11.6 Å². The molecule has 0 bridgehead atoms. The zero-order valence-electron chi connectivity index (χ0n) is 19.0. The molecule has 168 valence electrons. The maximum absolute atomic E-state index is 12.7. The molecule has 2 aliphatic carbocycles. The normalized spacial score (nSPS) is 17.6. The number of fused-ring (bicyclic) bond motifs is 2. The monoisotopic (exact) mass is 440 g/mol. The quantitative estimate of drug-likeness (QED) is 0.549. The van der Waals surface area contributed by atoms with Crippen molar-refractivity contribution in [3.8, 4) is 0 Å². The molecule has 0 amide bonds. The fraction of sp³-hybridized carbons (Fsp3) is 0.379. The Labute approximate surface area is 193 Å². The van der Waals surface area contributed by atoms with Crippen LogP contribution in [0.3, 0.4) is 0 Å². The molecule has 2 aliphatic rings. The molecule has 3 aromatic rings. The summed E-state index contributed by atoms with van der Waals surface area (Å²) in [4.78, 5) is 48.0. The molecule has 0 saturated heterocycles. The van der Waals surface area contributed by atoms with Gasteiger partial charge in [0.1, 0.15) is 11.6 Å². The summed E-state index contributed by atoms with van der Waals surface area (Å²) in [7, 11) is 0. The molecule has 0 saturated carbocycles. The summed E-state index contributed by atoms with van der Waals surface area (Å²) in [5.74, 6) is 0.614. The predicted octanol–water partition coefficient (Wildman–Crippen LogP) is 3.67. The zero-order valence-corrected chi connectivity index (χ0v) is 19.0. The first-order chi connectivity index (χ1) is 15.9. The van der Waals surface area contributed by atoms with Crippen molar-refractivity contribution in [3.05, 3.63) is 101 Å². The largest absolute Gasteiger partial charge is 0.299 e. The van der Waals surface area contributed by atoms with Crippen LogP contribution in [0.2, 0.25) is 0 Å². The van der Waals surface area contributed by atoms with Gasteiger partial charge in [-0.25, -0.2) is 0 Å². The highest BCUT2D eigenvalue weighted by Gasteiger charge is 2.28. The summed E-state index contributed by atoms with van der Waals surface area (Å²) in [5.41, 5.74) is 7.74. The van der Waals surface area contributed by atoms with Crippen LogP contribution in [0.25, 0.3) is 0 Å². The Hall–Kier alpha value is -3.14. The first kappa shape index (κ1) is 21.7. The van der Waals surface area contributed by atoms with Crippen molar-refractivity contribution < 1.29 is 9.59 Å². The van der Waals surface area contributed by atoms with E-state index in [4.69, 9.17) is 0 Å². The molecule has 33 heavy (non-hydrogen) atoms. The highest BCUT2D eigenvalue weighted by atomic mass is 16.2. The standard InChI is InChI=1S/C29H28O4/c1-17-27(29(33)28(17)32)22-8-7-20-5-2-18(12-23(20)15-22)4-10-25(30)14-19-3-6-21-9-11-26(31)16-24(21)13-19/h2-3,5-6,12-13,22H,4,7-11,14-16H2,1H3. The summed E-state index contributed by atoms with van der Waals surface area (Å²) in [5, 5.41) is 0. The number of carbonyl (C=O) groups is 2. The van der Waals surface area contributed by atoms with Gasteiger partial charge >= 0.3 is 0 Å². The number of ketones is 2. The van der Waals surface area contributed by atoms with Gasteiger partial charge in [0.15, 0.2) is 0 Å². The van der Waals surface area contributed by atoms with Gasteiger partial charge in [-0.1, -0.05) is 36.4 Å². The highest BCUT2D eigenvalue weighted by molar-refractivity contribution is 5.84. The maximum Gasteiger partial charge on any atom is 0.229 e. The van der Waals surface area contributed by atoms with Crippen LogP contribution in [-0.4, -0.2) is 11.6 Å². The Balaban J connectivity index is 1.21. The molecule has 1 unspecified atom stereocenters. The number of aryl methyl sites for hydroxylation is 3. The lowest BCUT2D eigenvalue weighted by atomic mass is 9.76. The second-order valence-corrected chi connectivity index (χ2v) is 9.77. The second kappa shape index (κ2) is 8.66. The SMILES string of the molecule is Cc1c(C2CCc3ccc(CCC(=O)Cc4ccc5c(c4)CC(=O)CC5)cc3C2)c(=O)c1=O. The van der Waals surface area contributed by atoms with Crippen LogP contribution in [0.15, 0.2) is 46.0 Å². The second-order valence-electron chi connectivity index (χ2n) is 9.77. The van der Waals surface area contributed by atoms with Gasteiger partial charge in [0, 0.05) is 36.8 Å². The number of carbonyl (C=O) groups excluding carboxylic acids is 2. The van der Waals surface area contributed by atoms with E-state index in [9.17, 15) is 19.2 Å². The van der Waals surface area contributed by atoms with E-state index in [1.807, 2.05) is 12.1 Å². The molecule has 0 spiro atoms. The smallest absolute Gasteiger partial charge is 0.229 e. The maximum atomic E-state index is 12.7. The third-order valence-corrected chi connectivity index (χ3v) is 7.53. The summed E-state index contributed by atoms with van der Waals surface area (Å²) >= 11 is 0. The van der Waals surface area contributed by atoms with Crippen molar-refractivity contribution in [1.82, 2.24) is 0 Å². The molecule has 3 aromatic carbocycles. The first-order valence-electron chi connectivity index (χ1n) is 11.9. The van der Waals surface area contributed by atoms with Crippen LogP contribution in [0.4, 0.5) is 0 Å². The van der Waals surface area contributed by atoms with E-state index in [0.29, 0.717) is 37.7 Å². The third kappa shape index (κ3) is 4.27. The number of hydrogen-bond donors (Lipinski definition) is 0. The minimum absolute atomic E-state index is 0.135. The lowest BCUT2D eigenvalue weighted by molar-refractivity contribution is -0.119. The van der Waals surface area contributed by atoms with Crippen molar-refractivity contribution in [3.63, 3.8) is 0 Å². The average molecular weight is 441 g/mol. The lowest BCUT2D eigenvalue weighted by Gasteiger charge is -2.27. The molecular formula is C29H28O4. The van der Waals surface area contributed by atoms with Crippen molar-refractivity contribution in [2.75, 3.05) is 0 Å². The van der Waals surface area contributed by atoms with Crippen LogP contribution < -0.4 is 10.9 Å². The molecule has 0 N–H and O–H groups in total. The first-order valence-corrected chi connectivity index (χ1v) is 11.9. The summed E-state index contributed by atoms with van der Waals surface area (Å²) in [6, 6.07) is 12.6. The van der Waals surface area contributed by atoms with Crippen LogP contribution >= 0.6 is 0 Å². The van der Waals surface area contributed by atoms with E-state index in [1.165, 1.54) is 16.7 Å². The minimum atomic E-state index is -0.325. The Morgan fingerprint density at radius 1 is 0.848 bits per heavy atom. The van der Waals surface area contributed by atoms with E-state index in [1.54, 1.807) is 6.92 Å². The van der Waals surface area contributed by atoms with Gasteiger partial charge in [0.25, 0.3) is 0 Å². The molecule has 5 rings (SSSR count). The molecule has 0 aromatic heterocycles. The van der Waals surface area contributed by atoms with Gasteiger partial charge < -0.3 is 0 Å². The molecule has 4 nitrogen and oxygen atoms in total. The zero-order chi connectivity index (χ0) is 23.1. The third-order valence-electron chi connectivity index (χ3n) is 7.53. The Morgan fingerprint density at radius 3 is 2.36 bits per heavy atom. The van der Waals surface area contributed by atoms with Gasteiger partial charge in [0.2, 0.25) is 10.9 Å². The molecular weight excluding hydrogens is 412 g/mol. The summed E-state index contributed by atoms with van der Waals surface area (Å²) in [6.07, 6.45) is 6.11. The minimum Gasteiger partial charge on any atom is -0.299 e. The van der Waals surface area contributed by atoms with E-state index >= 15 is 0 Å². The Kier molecular flexibility index (Phi) is 5.69. The number of rotatable bonds is 6. The van der Waals surface area contributed by atoms with Gasteiger partial charge in [-0.3, -0.25) is 19.2 Å². The van der Waals surface area contributed by atoms with E-state index in [0.717, 1.165) is 47.9 Å². The fourth-order valence-electron chi connectivity index (χ4n) is 5.60. The van der Waals surface area contributed by atoms with E-state index in [2.05, 4.69) is 24.3 Å². The fourth-order valence-corrected chi connectivity index (χ4v) is 5.60.